The highest BCUT2D eigenvalue weighted by molar-refractivity contribution is 5.81. The van der Waals surface area contributed by atoms with E-state index in [1.165, 1.54) is 37.7 Å². The number of benzene rings is 1. The topological polar surface area (TPSA) is 35.6 Å². The van der Waals surface area contributed by atoms with Crippen LogP contribution in [0.2, 0.25) is 0 Å². The quantitative estimate of drug-likeness (QED) is 0.670. The molecule has 0 unspecified atom stereocenters. The van der Waals surface area contributed by atoms with E-state index in [0.717, 1.165) is 17.8 Å². The Bertz CT molecular complexity index is 593. The van der Waals surface area contributed by atoms with E-state index < -0.39 is 0 Å². The number of rotatable bonds is 9. The Hall–Kier alpha value is -1.81. The molecule has 144 valence electrons. The molecule has 0 bridgehead atoms. The molecule has 2 rings (SSSR count). The third kappa shape index (κ3) is 6.17. The minimum Gasteiger partial charge on any atom is -0.376 e. The average molecular weight is 358 g/mol. The van der Waals surface area contributed by atoms with Gasteiger partial charge in [0.05, 0.1) is 6.54 Å². The van der Waals surface area contributed by atoms with Gasteiger partial charge in [-0.25, -0.2) is 0 Å². The number of nitrogens with one attached hydrogen (secondary N) is 1. The molecule has 1 saturated carbocycles. The van der Waals surface area contributed by atoms with Gasteiger partial charge in [-0.3, -0.25) is 9.69 Å². The van der Waals surface area contributed by atoms with Crippen molar-refractivity contribution in [3.63, 3.8) is 0 Å². The first-order valence-electron chi connectivity index (χ1n) is 9.95. The zero-order chi connectivity index (χ0) is 18.9. The lowest BCUT2D eigenvalue weighted by Gasteiger charge is -2.31. The summed E-state index contributed by atoms with van der Waals surface area (Å²) in [6, 6.07) is 9.03. The monoisotopic (exact) mass is 357 g/mol. The van der Waals surface area contributed by atoms with Gasteiger partial charge >= 0.3 is 0 Å². The van der Waals surface area contributed by atoms with Crippen molar-refractivity contribution in [2.45, 2.75) is 58.5 Å². The van der Waals surface area contributed by atoms with Crippen LogP contribution in [-0.2, 0) is 11.3 Å². The predicted octanol–water partition coefficient (Wildman–Crippen LogP) is 4.29. The van der Waals surface area contributed by atoms with Crippen LogP contribution in [0.4, 0.5) is 5.69 Å². The van der Waals surface area contributed by atoms with E-state index in [-0.39, 0.29) is 5.91 Å². The summed E-state index contributed by atoms with van der Waals surface area (Å²) in [6.07, 6.45) is 6.68. The van der Waals surface area contributed by atoms with Gasteiger partial charge in [0.1, 0.15) is 0 Å². The zero-order valence-corrected chi connectivity index (χ0v) is 16.8. The molecule has 1 aliphatic carbocycles. The Kier molecular flexibility index (Phi) is 8.17. The van der Waals surface area contributed by atoms with Crippen molar-refractivity contribution in [3.05, 3.63) is 42.0 Å². The van der Waals surface area contributed by atoms with Crippen LogP contribution < -0.4 is 5.32 Å². The molecule has 0 heterocycles. The molecule has 0 atom stereocenters. The van der Waals surface area contributed by atoms with Crippen molar-refractivity contribution in [3.8, 4) is 0 Å². The first-order valence-corrected chi connectivity index (χ1v) is 9.95. The molecule has 26 heavy (non-hydrogen) atoms. The maximum Gasteiger partial charge on any atom is 0.242 e. The average Bonchev–Trinajstić information content (AvgIpc) is 2.65. The standard InChI is InChI=1S/C22H35N3O/c1-5-25(16-18(2)3)22(26)15-23-21-14-10-9-11-19(21)17-24(4)20-12-7-6-8-13-20/h9-11,14,20,23H,2,5-8,12-13,15-17H2,1,3-4H3. The van der Waals surface area contributed by atoms with Crippen LogP contribution in [0, 0.1) is 0 Å². The van der Waals surface area contributed by atoms with E-state index in [1.54, 1.807) is 0 Å². The molecule has 0 saturated heterocycles. The minimum absolute atomic E-state index is 0.117. The van der Waals surface area contributed by atoms with Crippen molar-refractivity contribution in [2.24, 2.45) is 0 Å². The molecule has 1 aromatic rings. The maximum absolute atomic E-state index is 12.5. The molecule has 4 heteroatoms. The first-order chi connectivity index (χ1) is 12.5. The molecule has 0 spiro atoms. The van der Waals surface area contributed by atoms with E-state index in [9.17, 15) is 4.79 Å². The van der Waals surface area contributed by atoms with Gasteiger partial charge in [-0.15, -0.1) is 0 Å². The van der Waals surface area contributed by atoms with Gasteiger partial charge in [0, 0.05) is 31.4 Å². The lowest BCUT2D eigenvalue weighted by Crippen LogP contribution is -2.36. The molecule has 0 radical (unpaired) electrons. The Morgan fingerprint density at radius 2 is 1.92 bits per heavy atom. The van der Waals surface area contributed by atoms with Crippen LogP contribution in [0.25, 0.3) is 0 Å². The summed E-state index contributed by atoms with van der Waals surface area (Å²) in [5.41, 5.74) is 3.33. The number of carbonyl (C=O) groups is 1. The fourth-order valence-corrected chi connectivity index (χ4v) is 3.74. The van der Waals surface area contributed by atoms with Crippen LogP contribution in [0.15, 0.2) is 36.4 Å². The van der Waals surface area contributed by atoms with Crippen molar-refractivity contribution < 1.29 is 4.79 Å². The molecule has 1 aromatic carbocycles. The Morgan fingerprint density at radius 3 is 2.58 bits per heavy atom. The second-order valence-electron chi connectivity index (χ2n) is 7.58. The number of nitrogens with zero attached hydrogens (tertiary/aromatic N) is 2. The normalized spacial score (nSPS) is 15.1. The largest absolute Gasteiger partial charge is 0.376 e. The summed E-state index contributed by atoms with van der Waals surface area (Å²) in [4.78, 5) is 16.8. The number of likely N-dealkylation sites (N-methyl/N-ethyl adjacent to an activating group) is 1. The lowest BCUT2D eigenvalue weighted by atomic mass is 9.94. The van der Waals surface area contributed by atoms with Gasteiger partial charge in [-0.05, 0) is 45.4 Å². The van der Waals surface area contributed by atoms with E-state index in [4.69, 9.17) is 0 Å². The summed E-state index contributed by atoms with van der Waals surface area (Å²) >= 11 is 0. The first kappa shape index (κ1) is 20.5. The fourth-order valence-electron chi connectivity index (χ4n) is 3.74. The van der Waals surface area contributed by atoms with Crippen LogP contribution in [0.5, 0.6) is 0 Å². The molecule has 0 aromatic heterocycles. The summed E-state index contributed by atoms with van der Waals surface area (Å²) in [7, 11) is 2.23. The molecular weight excluding hydrogens is 322 g/mol. The van der Waals surface area contributed by atoms with Crippen LogP contribution in [0.1, 0.15) is 51.5 Å². The van der Waals surface area contributed by atoms with Crippen LogP contribution in [-0.4, -0.2) is 48.4 Å². The third-order valence-electron chi connectivity index (χ3n) is 5.26. The number of hydrogen-bond acceptors (Lipinski definition) is 3. The van der Waals surface area contributed by atoms with Crippen LogP contribution >= 0.6 is 0 Å². The highest BCUT2D eigenvalue weighted by atomic mass is 16.2. The van der Waals surface area contributed by atoms with Crippen LogP contribution in [0.3, 0.4) is 0 Å². The highest BCUT2D eigenvalue weighted by Gasteiger charge is 2.19. The molecular formula is C22H35N3O. The van der Waals surface area contributed by atoms with Crippen molar-refractivity contribution in [1.82, 2.24) is 9.80 Å². The summed E-state index contributed by atoms with van der Waals surface area (Å²) in [6.45, 7) is 10.5. The molecule has 1 N–H and O–H groups in total. The number of carbonyl (C=O) groups excluding carboxylic acids is 1. The van der Waals surface area contributed by atoms with Gasteiger partial charge < -0.3 is 10.2 Å². The van der Waals surface area contributed by atoms with Gasteiger partial charge in [0.15, 0.2) is 0 Å². The van der Waals surface area contributed by atoms with E-state index in [0.29, 0.717) is 25.7 Å². The molecule has 1 aliphatic rings. The predicted molar refractivity (Wildman–Crippen MR) is 110 cm³/mol. The van der Waals surface area contributed by atoms with E-state index in [2.05, 4.69) is 42.0 Å². The summed E-state index contributed by atoms with van der Waals surface area (Å²) < 4.78 is 0. The maximum atomic E-state index is 12.5. The fraction of sp³-hybridized carbons (Fsp3) is 0.591. The molecule has 4 nitrogen and oxygen atoms in total. The molecule has 1 amide bonds. The second kappa shape index (κ2) is 10.4. The van der Waals surface area contributed by atoms with Gasteiger partial charge in [0.25, 0.3) is 0 Å². The van der Waals surface area contributed by atoms with Gasteiger partial charge in [-0.2, -0.15) is 0 Å². The molecule has 1 fully saturated rings. The second-order valence-corrected chi connectivity index (χ2v) is 7.58. The molecule has 0 aliphatic heterocycles. The van der Waals surface area contributed by atoms with Gasteiger partial charge in [0.2, 0.25) is 5.91 Å². The SMILES string of the molecule is C=C(C)CN(CC)C(=O)CNc1ccccc1CN(C)C1CCCCC1. The summed E-state index contributed by atoms with van der Waals surface area (Å²) in [5.74, 6) is 0.117. The number of anilines is 1. The highest BCUT2D eigenvalue weighted by Crippen LogP contribution is 2.24. The van der Waals surface area contributed by atoms with Crippen molar-refractivity contribution in [2.75, 3.05) is 32.0 Å². The Labute approximate surface area is 159 Å². The number of amides is 1. The number of hydrogen-bond donors (Lipinski definition) is 1. The minimum atomic E-state index is 0.117. The van der Waals surface area contributed by atoms with E-state index >= 15 is 0 Å². The Morgan fingerprint density at radius 1 is 1.23 bits per heavy atom. The Balaban J connectivity index is 1.95. The summed E-state index contributed by atoms with van der Waals surface area (Å²) in [5, 5.41) is 3.36. The third-order valence-corrected chi connectivity index (χ3v) is 5.26. The zero-order valence-electron chi connectivity index (χ0n) is 16.8. The number of para-hydroxylation sites is 1. The van der Waals surface area contributed by atoms with Crippen molar-refractivity contribution in [1.29, 1.82) is 0 Å². The van der Waals surface area contributed by atoms with Gasteiger partial charge in [-0.1, -0.05) is 49.6 Å². The van der Waals surface area contributed by atoms with Crippen molar-refractivity contribution >= 4 is 11.6 Å². The smallest absolute Gasteiger partial charge is 0.242 e. The van der Waals surface area contributed by atoms with E-state index in [1.807, 2.05) is 24.8 Å². The lowest BCUT2D eigenvalue weighted by molar-refractivity contribution is -0.128.